The van der Waals surface area contributed by atoms with Gasteiger partial charge in [0.05, 0.1) is 11.1 Å². The number of carbonyl (C=O) groups excluding carboxylic acids is 2. The molecular weight excluding hydrogens is 392 g/mol. The Hall–Kier alpha value is -0.880. The van der Waals surface area contributed by atoms with Gasteiger partial charge < -0.3 is 9.47 Å². The fourth-order valence-corrected chi connectivity index (χ4v) is 1.65. The van der Waals surface area contributed by atoms with Gasteiger partial charge in [0.1, 0.15) is 0 Å². The lowest BCUT2D eigenvalue weighted by Gasteiger charge is -2.11. The van der Waals surface area contributed by atoms with Crippen LogP contribution in [0.25, 0.3) is 0 Å². The third kappa shape index (κ3) is 5.25. The number of rotatable bonds is 6. The van der Waals surface area contributed by atoms with E-state index in [4.69, 9.17) is 9.47 Å². The van der Waals surface area contributed by atoms with Crippen LogP contribution in [0, 0.1) is 0 Å². The normalized spacial score (nSPS) is 13.4. The topological polar surface area (TPSA) is 52.6 Å². The van der Waals surface area contributed by atoms with Crippen LogP contribution in [0.2, 0.25) is 0 Å². The zero-order chi connectivity index (χ0) is 15.1. The molecule has 6 heteroatoms. The van der Waals surface area contributed by atoms with E-state index in [1.165, 1.54) is 6.07 Å². The highest BCUT2D eigenvalue weighted by Gasteiger charge is 2.16. The average Bonchev–Trinajstić information content (AvgIpc) is 2.46. The fraction of sp³-hybridized carbons (Fsp3) is 0.429. The maximum Gasteiger partial charge on any atom is 0.339 e. The van der Waals surface area contributed by atoms with Gasteiger partial charge in [-0.15, -0.1) is 0 Å². The minimum atomic E-state index is -0.478. The van der Waals surface area contributed by atoms with Crippen molar-refractivity contribution in [3.63, 3.8) is 0 Å². The third-order valence-electron chi connectivity index (χ3n) is 2.45. The summed E-state index contributed by atoms with van der Waals surface area (Å²) >= 11 is 6.45. The highest BCUT2D eigenvalue weighted by atomic mass is 79.9. The van der Waals surface area contributed by atoms with E-state index in [2.05, 4.69) is 31.9 Å². The Morgan fingerprint density at radius 3 is 1.75 bits per heavy atom. The molecule has 0 aliphatic heterocycles. The minimum absolute atomic E-state index is 0.319. The SMILES string of the molecule is CCC(Br)OC(=O)c1cccc(C(=O)OC(Br)CC)c1. The zero-order valence-electron chi connectivity index (χ0n) is 11.3. The fourth-order valence-electron chi connectivity index (χ4n) is 1.31. The number of alkyl halides is 2. The lowest BCUT2D eigenvalue weighted by molar-refractivity contribution is 0.0463. The van der Waals surface area contributed by atoms with E-state index in [9.17, 15) is 9.59 Å². The van der Waals surface area contributed by atoms with Crippen molar-refractivity contribution < 1.29 is 19.1 Å². The number of esters is 2. The predicted molar refractivity (Wildman–Crippen MR) is 83.3 cm³/mol. The van der Waals surface area contributed by atoms with E-state index in [-0.39, 0.29) is 10.0 Å². The number of carbonyl (C=O) groups is 2. The van der Waals surface area contributed by atoms with Gasteiger partial charge in [0.15, 0.2) is 10.0 Å². The molecule has 0 saturated heterocycles. The molecule has 0 aliphatic carbocycles. The van der Waals surface area contributed by atoms with Crippen LogP contribution in [0.4, 0.5) is 0 Å². The van der Waals surface area contributed by atoms with Crippen LogP contribution >= 0.6 is 31.9 Å². The van der Waals surface area contributed by atoms with Gasteiger partial charge in [0.25, 0.3) is 0 Å². The summed E-state index contributed by atoms with van der Waals surface area (Å²) in [5.74, 6) is -0.955. The van der Waals surface area contributed by atoms with E-state index < -0.39 is 11.9 Å². The van der Waals surface area contributed by atoms with Crippen molar-refractivity contribution in [2.45, 2.75) is 36.7 Å². The summed E-state index contributed by atoms with van der Waals surface area (Å²) in [6.07, 6.45) is 1.32. The van der Waals surface area contributed by atoms with Gasteiger partial charge in [-0.3, -0.25) is 0 Å². The van der Waals surface area contributed by atoms with Crippen LogP contribution in [0.1, 0.15) is 47.4 Å². The highest BCUT2D eigenvalue weighted by molar-refractivity contribution is 9.09. The lowest BCUT2D eigenvalue weighted by atomic mass is 10.1. The number of hydrogen-bond donors (Lipinski definition) is 0. The molecule has 0 saturated carbocycles. The molecular formula is C14H16Br2O4. The molecule has 110 valence electrons. The van der Waals surface area contributed by atoms with Crippen LogP contribution < -0.4 is 0 Å². The molecule has 0 aromatic heterocycles. The summed E-state index contributed by atoms with van der Waals surface area (Å²) in [4.78, 5) is 23.7. The molecule has 0 N–H and O–H groups in total. The molecule has 0 amide bonds. The van der Waals surface area contributed by atoms with Gasteiger partial charge in [-0.2, -0.15) is 0 Å². The molecule has 4 nitrogen and oxygen atoms in total. The predicted octanol–water partition coefficient (Wildman–Crippen LogP) is 4.26. The molecule has 0 heterocycles. The van der Waals surface area contributed by atoms with Crippen LogP contribution in [0.3, 0.4) is 0 Å². The summed E-state index contributed by atoms with van der Waals surface area (Å²) < 4.78 is 10.3. The Balaban J connectivity index is 2.80. The van der Waals surface area contributed by atoms with Crippen LogP contribution in [0.5, 0.6) is 0 Å². The van der Waals surface area contributed by atoms with Gasteiger partial charge in [0.2, 0.25) is 0 Å². The average molecular weight is 408 g/mol. The lowest BCUT2D eigenvalue weighted by Crippen LogP contribution is -2.14. The summed E-state index contributed by atoms with van der Waals surface area (Å²) in [6, 6.07) is 6.28. The molecule has 1 aromatic rings. The van der Waals surface area contributed by atoms with E-state index in [0.29, 0.717) is 24.0 Å². The summed E-state index contributed by atoms with van der Waals surface area (Å²) in [7, 11) is 0. The molecule has 2 unspecified atom stereocenters. The van der Waals surface area contributed by atoms with Crippen molar-refractivity contribution in [1.29, 1.82) is 0 Å². The number of halogens is 2. The van der Waals surface area contributed by atoms with Gasteiger partial charge in [-0.1, -0.05) is 19.9 Å². The second-order valence-corrected chi connectivity index (χ2v) is 6.07. The Bertz CT molecular complexity index is 437. The summed E-state index contributed by atoms with van der Waals surface area (Å²) in [5.41, 5.74) is 0.639. The van der Waals surface area contributed by atoms with Crippen molar-refractivity contribution in [2.24, 2.45) is 0 Å². The van der Waals surface area contributed by atoms with Crippen molar-refractivity contribution in [3.05, 3.63) is 35.4 Å². The van der Waals surface area contributed by atoms with Crippen LogP contribution in [-0.2, 0) is 9.47 Å². The molecule has 20 heavy (non-hydrogen) atoms. The monoisotopic (exact) mass is 406 g/mol. The van der Waals surface area contributed by atoms with Gasteiger partial charge in [-0.05, 0) is 62.9 Å². The first kappa shape index (κ1) is 17.2. The molecule has 1 rings (SSSR count). The minimum Gasteiger partial charge on any atom is -0.447 e. The second kappa shape index (κ2) is 8.42. The maximum atomic E-state index is 11.9. The Labute approximate surface area is 135 Å². The molecule has 1 aromatic carbocycles. The van der Waals surface area contributed by atoms with E-state index in [0.717, 1.165) is 0 Å². The maximum absolute atomic E-state index is 11.9. The largest absolute Gasteiger partial charge is 0.447 e. The van der Waals surface area contributed by atoms with Gasteiger partial charge in [-0.25, -0.2) is 9.59 Å². The van der Waals surface area contributed by atoms with E-state index in [1.807, 2.05) is 13.8 Å². The number of hydrogen-bond acceptors (Lipinski definition) is 4. The first-order valence-corrected chi connectivity index (χ1v) is 8.11. The Morgan fingerprint density at radius 2 is 1.40 bits per heavy atom. The van der Waals surface area contributed by atoms with Crippen molar-refractivity contribution >= 4 is 43.8 Å². The van der Waals surface area contributed by atoms with Crippen LogP contribution in [-0.4, -0.2) is 22.0 Å². The molecule has 0 aliphatic rings. The zero-order valence-corrected chi connectivity index (χ0v) is 14.4. The Morgan fingerprint density at radius 1 is 1.00 bits per heavy atom. The van der Waals surface area contributed by atoms with Crippen molar-refractivity contribution in [3.8, 4) is 0 Å². The third-order valence-corrected chi connectivity index (χ3v) is 4.11. The molecule has 0 spiro atoms. The smallest absolute Gasteiger partial charge is 0.339 e. The van der Waals surface area contributed by atoms with E-state index in [1.54, 1.807) is 18.2 Å². The quantitative estimate of drug-likeness (QED) is 0.522. The molecule has 0 radical (unpaired) electrons. The first-order valence-electron chi connectivity index (χ1n) is 6.28. The Kier molecular flexibility index (Phi) is 7.23. The second-order valence-electron chi connectivity index (χ2n) is 4.03. The number of benzene rings is 1. The molecule has 2 atom stereocenters. The summed E-state index contributed by atoms with van der Waals surface area (Å²) in [5, 5.41) is -0.671. The van der Waals surface area contributed by atoms with E-state index >= 15 is 0 Å². The van der Waals surface area contributed by atoms with Crippen LogP contribution in [0.15, 0.2) is 24.3 Å². The summed E-state index contributed by atoms with van der Waals surface area (Å²) in [6.45, 7) is 3.78. The number of ether oxygens (including phenoxy) is 2. The van der Waals surface area contributed by atoms with Crippen molar-refractivity contribution in [2.75, 3.05) is 0 Å². The highest BCUT2D eigenvalue weighted by Crippen LogP contribution is 2.15. The van der Waals surface area contributed by atoms with Crippen molar-refractivity contribution in [1.82, 2.24) is 0 Å². The van der Waals surface area contributed by atoms with Gasteiger partial charge >= 0.3 is 11.9 Å². The first-order chi connectivity index (χ1) is 9.47. The molecule has 0 bridgehead atoms. The van der Waals surface area contributed by atoms with Gasteiger partial charge in [0, 0.05) is 0 Å². The molecule has 0 fully saturated rings. The standard InChI is InChI=1S/C14H16Br2O4/c1-3-11(15)19-13(17)9-6-5-7-10(8-9)14(18)20-12(16)4-2/h5-8,11-12H,3-4H2,1-2H3.